The molecule has 0 aromatic heterocycles. The number of rotatable bonds is 6. The van der Waals surface area contributed by atoms with Crippen LogP contribution in [-0.2, 0) is 4.79 Å². The van der Waals surface area contributed by atoms with E-state index in [4.69, 9.17) is 9.47 Å². The van der Waals surface area contributed by atoms with Gasteiger partial charge in [-0.25, -0.2) is 4.79 Å². The summed E-state index contributed by atoms with van der Waals surface area (Å²) in [6, 6.07) is 10.6. The van der Waals surface area contributed by atoms with E-state index in [1.807, 2.05) is 0 Å². The van der Waals surface area contributed by atoms with Gasteiger partial charge in [-0.15, -0.1) is 0 Å². The first kappa shape index (κ1) is 17.0. The number of carbonyl (C=O) groups is 1. The van der Waals surface area contributed by atoms with Crippen LogP contribution >= 0.6 is 0 Å². The van der Waals surface area contributed by atoms with Crippen molar-refractivity contribution in [2.75, 3.05) is 14.2 Å². The molecule has 7 heteroatoms. The Morgan fingerprint density at radius 2 is 1.79 bits per heavy atom. The van der Waals surface area contributed by atoms with E-state index in [0.29, 0.717) is 17.1 Å². The number of nitro groups is 1. The van der Waals surface area contributed by atoms with Crippen LogP contribution in [0.3, 0.4) is 0 Å². The van der Waals surface area contributed by atoms with Gasteiger partial charge < -0.3 is 14.6 Å². The largest absolute Gasteiger partial charge is 0.493 e. The SMILES string of the molecule is COc1ccc(C(=Cc2ccccc2[N+](=O)[O-])C(=O)O)cc1OC. The van der Waals surface area contributed by atoms with E-state index in [1.54, 1.807) is 18.2 Å². The zero-order valence-corrected chi connectivity index (χ0v) is 13.1. The van der Waals surface area contributed by atoms with Gasteiger partial charge in [-0.1, -0.05) is 18.2 Å². The number of nitrogens with zero attached hydrogens (tertiary/aromatic N) is 1. The Hall–Kier alpha value is -3.35. The molecule has 2 aromatic carbocycles. The second-order valence-electron chi connectivity index (χ2n) is 4.75. The van der Waals surface area contributed by atoms with Crippen LogP contribution in [0, 0.1) is 10.1 Å². The number of para-hydroxylation sites is 1. The second-order valence-corrected chi connectivity index (χ2v) is 4.75. The Morgan fingerprint density at radius 3 is 2.38 bits per heavy atom. The van der Waals surface area contributed by atoms with Crippen LogP contribution in [0.15, 0.2) is 42.5 Å². The minimum Gasteiger partial charge on any atom is -0.493 e. The number of hydrogen-bond acceptors (Lipinski definition) is 5. The number of benzene rings is 2. The van der Waals surface area contributed by atoms with Gasteiger partial charge in [-0.3, -0.25) is 10.1 Å². The minimum absolute atomic E-state index is 0.0924. The Balaban J connectivity index is 2.59. The summed E-state index contributed by atoms with van der Waals surface area (Å²) in [6.45, 7) is 0. The van der Waals surface area contributed by atoms with E-state index < -0.39 is 10.9 Å². The average molecular weight is 329 g/mol. The first-order valence-electron chi connectivity index (χ1n) is 6.88. The van der Waals surface area contributed by atoms with Gasteiger partial charge in [0.1, 0.15) is 0 Å². The lowest BCUT2D eigenvalue weighted by atomic mass is 10.0. The molecule has 24 heavy (non-hydrogen) atoms. The Labute approximate surface area is 137 Å². The summed E-state index contributed by atoms with van der Waals surface area (Å²) in [4.78, 5) is 22.2. The third kappa shape index (κ3) is 3.52. The van der Waals surface area contributed by atoms with Crippen molar-refractivity contribution in [3.63, 3.8) is 0 Å². The first-order chi connectivity index (χ1) is 11.5. The molecule has 0 saturated carbocycles. The maximum absolute atomic E-state index is 11.6. The number of aliphatic carboxylic acids is 1. The van der Waals surface area contributed by atoms with Crippen molar-refractivity contribution in [1.82, 2.24) is 0 Å². The molecule has 0 heterocycles. The molecular formula is C17H15NO6. The third-order valence-electron chi connectivity index (χ3n) is 3.36. The van der Waals surface area contributed by atoms with Crippen LogP contribution in [0.1, 0.15) is 11.1 Å². The quantitative estimate of drug-likeness (QED) is 0.378. The first-order valence-corrected chi connectivity index (χ1v) is 6.88. The van der Waals surface area contributed by atoms with Crippen LogP contribution in [0.5, 0.6) is 11.5 Å². The minimum atomic E-state index is -1.21. The molecule has 0 radical (unpaired) electrons. The number of hydrogen-bond donors (Lipinski definition) is 1. The van der Waals surface area contributed by atoms with E-state index in [2.05, 4.69) is 0 Å². The van der Waals surface area contributed by atoms with Crippen molar-refractivity contribution in [3.05, 3.63) is 63.7 Å². The van der Waals surface area contributed by atoms with Gasteiger partial charge in [0.15, 0.2) is 11.5 Å². The van der Waals surface area contributed by atoms with Crippen molar-refractivity contribution >= 4 is 23.3 Å². The van der Waals surface area contributed by atoms with E-state index in [-0.39, 0.29) is 16.8 Å². The van der Waals surface area contributed by atoms with Crippen molar-refractivity contribution < 1.29 is 24.3 Å². The number of methoxy groups -OCH3 is 2. The Morgan fingerprint density at radius 1 is 1.12 bits per heavy atom. The van der Waals surface area contributed by atoms with E-state index >= 15 is 0 Å². The number of ether oxygens (including phenoxy) is 2. The van der Waals surface area contributed by atoms with Gasteiger partial charge in [-0.2, -0.15) is 0 Å². The standard InChI is InChI=1S/C17H15NO6/c1-23-15-8-7-11(10-16(15)24-2)13(17(19)20)9-12-5-3-4-6-14(12)18(21)22/h3-10H,1-2H3,(H,19,20). The molecule has 0 aliphatic rings. The molecule has 0 bridgehead atoms. The molecule has 0 spiro atoms. The predicted octanol–water partition coefficient (Wildman–Crippen LogP) is 3.24. The van der Waals surface area contributed by atoms with Crippen molar-refractivity contribution in [2.24, 2.45) is 0 Å². The zero-order chi connectivity index (χ0) is 17.7. The molecule has 0 unspecified atom stereocenters. The highest BCUT2D eigenvalue weighted by atomic mass is 16.6. The molecule has 0 amide bonds. The smallest absolute Gasteiger partial charge is 0.336 e. The maximum Gasteiger partial charge on any atom is 0.336 e. The van der Waals surface area contributed by atoms with Crippen LogP contribution in [-0.4, -0.2) is 30.2 Å². The molecule has 2 rings (SSSR count). The lowest BCUT2D eigenvalue weighted by Gasteiger charge is -2.10. The molecule has 2 aromatic rings. The topological polar surface area (TPSA) is 98.9 Å². The molecule has 124 valence electrons. The summed E-state index contributed by atoms with van der Waals surface area (Å²) in [5.74, 6) is -0.387. The Bertz CT molecular complexity index is 812. The molecule has 1 N–H and O–H groups in total. The van der Waals surface area contributed by atoms with E-state index in [0.717, 1.165) is 0 Å². The van der Waals surface area contributed by atoms with Crippen LogP contribution in [0.25, 0.3) is 11.6 Å². The summed E-state index contributed by atoms with van der Waals surface area (Å²) < 4.78 is 10.3. The molecule has 7 nitrogen and oxygen atoms in total. The highest BCUT2D eigenvalue weighted by molar-refractivity contribution is 6.21. The number of nitro benzene ring substituents is 1. The molecule has 0 aliphatic heterocycles. The molecule has 0 atom stereocenters. The fourth-order valence-corrected chi connectivity index (χ4v) is 2.20. The summed E-state index contributed by atoms with van der Waals surface area (Å²) in [5.41, 5.74) is 0.287. The fraction of sp³-hybridized carbons (Fsp3) is 0.118. The van der Waals surface area contributed by atoms with Crippen LogP contribution < -0.4 is 9.47 Å². The zero-order valence-electron chi connectivity index (χ0n) is 13.1. The van der Waals surface area contributed by atoms with Crippen LogP contribution in [0.2, 0.25) is 0 Å². The summed E-state index contributed by atoms with van der Waals surface area (Å²) in [5, 5.41) is 20.6. The van der Waals surface area contributed by atoms with E-state index in [1.165, 1.54) is 44.6 Å². The summed E-state index contributed by atoms with van der Waals surface area (Å²) in [7, 11) is 2.91. The highest BCUT2D eigenvalue weighted by Gasteiger charge is 2.17. The fourth-order valence-electron chi connectivity index (χ4n) is 2.20. The van der Waals surface area contributed by atoms with Gasteiger partial charge in [0.25, 0.3) is 5.69 Å². The van der Waals surface area contributed by atoms with Gasteiger partial charge >= 0.3 is 5.97 Å². The maximum atomic E-state index is 11.6. The monoisotopic (exact) mass is 329 g/mol. The van der Waals surface area contributed by atoms with Gasteiger partial charge in [0.05, 0.1) is 30.3 Å². The van der Waals surface area contributed by atoms with Gasteiger partial charge in [-0.05, 0) is 29.8 Å². The van der Waals surface area contributed by atoms with E-state index in [9.17, 15) is 20.0 Å². The van der Waals surface area contributed by atoms with Crippen molar-refractivity contribution in [1.29, 1.82) is 0 Å². The highest BCUT2D eigenvalue weighted by Crippen LogP contribution is 2.32. The molecule has 0 saturated heterocycles. The number of carboxylic acid groups (broad SMARTS) is 1. The number of carboxylic acids is 1. The predicted molar refractivity (Wildman–Crippen MR) is 88.1 cm³/mol. The average Bonchev–Trinajstić information content (AvgIpc) is 2.59. The molecular weight excluding hydrogens is 314 g/mol. The summed E-state index contributed by atoms with van der Waals surface area (Å²) in [6.07, 6.45) is 1.27. The van der Waals surface area contributed by atoms with Gasteiger partial charge in [0, 0.05) is 6.07 Å². The summed E-state index contributed by atoms with van der Waals surface area (Å²) >= 11 is 0. The van der Waals surface area contributed by atoms with Crippen molar-refractivity contribution in [2.45, 2.75) is 0 Å². The Kier molecular flexibility index (Phi) is 5.16. The normalized spacial score (nSPS) is 11.0. The third-order valence-corrected chi connectivity index (χ3v) is 3.36. The lowest BCUT2D eigenvalue weighted by molar-refractivity contribution is -0.385. The van der Waals surface area contributed by atoms with Crippen LogP contribution in [0.4, 0.5) is 5.69 Å². The molecule has 0 aliphatic carbocycles. The lowest BCUT2D eigenvalue weighted by Crippen LogP contribution is -2.01. The van der Waals surface area contributed by atoms with Crippen molar-refractivity contribution in [3.8, 4) is 11.5 Å². The second kappa shape index (κ2) is 7.28. The van der Waals surface area contributed by atoms with Gasteiger partial charge in [0.2, 0.25) is 0 Å². The molecule has 0 fully saturated rings.